The van der Waals surface area contributed by atoms with Crippen LogP contribution in [0.2, 0.25) is 5.02 Å². The summed E-state index contributed by atoms with van der Waals surface area (Å²) in [6, 6.07) is 19.5. The van der Waals surface area contributed by atoms with Crippen molar-refractivity contribution in [2.24, 2.45) is 0 Å². The Kier molecular flexibility index (Phi) is 5.59. The molecule has 160 valence electrons. The third-order valence-corrected chi connectivity index (χ3v) is 6.33. The van der Waals surface area contributed by atoms with Crippen LogP contribution in [-0.2, 0) is 6.54 Å². The number of carbonyl (C=O) groups excluding carboxylic acids is 1. The quantitative estimate of drug-likeness (QED) is 0.232. The molecule has 0 bridgehead atoms. The van der Waals surface area contributed by atoms with Crippen LogP contribution in [0.4, 0.5) is 0 Å². The molecule has 0 fully saturated rings. The highest BCUT2D eigenvalue weighted by atomic mass is 35.5. The number of rotatable bonds is 6. The molecule has 8 heteroatoms. The number of hydrogen-bond acceptors (Lipinski definition) is 6. The summed E-state index contributed by atoms with van der Waals surface area (Å²) in [6.07, 6.45) is 0. The van der Waals surface area contributed by atoms with Crippen molar-refractivity contribution >= 4 is 40.0 Å². The lowest BCUT2D eigenvalue weighted by Crippen LogP contribution is -2.24. The van der Waals surface area contributed by atoms with Gasteiger partial charge in [0.1, 0.15) is 0 Å². The van der Waals surface area contributed by atoms with E-state index < -0.39 is 0 Å². The fourth-order valence-corrected chi connectivity index (χ4v) is 4.49. The third kappa shape index (κ3) is 4.09. The van der Waals surface area contributed by atoms with Crippen LogP contribution in [-0.4, -0.2) is 27.9 Å². The average Bonchev–Trinajstić information content (AvgIpc) is 3.28. The minimum atomic E-state index is -0.158. The van der Waals surface area contributed by atoms with Crippen molar-refractivity contribution in [1.29, 1.82) is 0 Å². The molecule has 6 nitrogen and oxygen atoms in total. The number of ketones is 1. The molecule has 2 heterocycles. The van der Waals surface area contributed by atoms with Gasteiger partial charge in [-0.1, -0.05) is 41.6 Å². The van der Waals surface area contributed by atoms with Gasteiger partial charge < -0.3 is 9.47 Å². The van der Waals surface area contributed by atoms with Crippen LogP contribution in [0.25, 0.3) is 10.9 Å². The number of hydrogen-bond donors (Lipinski definition) is 0. The Labute approximate surface area is 192 Å². The van der Waals surface area contributed by atoms with Gasteiger partial charge in [0, 0.05) is 10.6 Å². The van der Waals surface area contributed by atoms with E-state index in [0.717, 1.165) is 5.56 Å². The highest BCUT2D eigenvalue weighted by Gasteiger charge is 2.17. The molecule has 1 aliphatic rings. The molecule has 1 aliphatic heterocycles. The zero-order chi connectivity index (χ0) is 22.1. The fraction of sp³-hybridized carbons (Fsp3) is 0.125. The molecular weight excluding hydrogens is 448 g/mol. The molecule has 0 N–H and O–H groups in total. The molecule has 0 saturated heterocycles. The number of Topliss-reactive ketones (excluding diaryl/α,β-unsaturated/α-hetero) is 1. The standard InChI is InChI=1S/C24H17ClN2O4S/c25-17-8-6-16(7-9-17)20(28)13-32-24-26-19-4-2-1-3-18(19)23(29)27(24)12-15-5-10-21-22(11-15)31-14-30-21/h1-11H,12-14H2. The van der Waals surface area contributed by atoms with Crippen LogP contribution in [0.15, 0.2) is 76.7 Å². The maximum atomic E-state index is 13.3. The second-order valence-corrected chi connectivity index (χ2v) is 8.59. The van der Waals surface area contributed by atoms with Gasteiger partial charge in [0.2, 0.25) is 6.79 Å². The molecule has 0 saturated carbocycles. The molecule has 5 rings (SSSR count). The summed E-state index contributed by atoms with van der Waals surface area (Å²) >= 11 is 7.16. The van der Waals surface area contributed by atoms with Gasteiger partial charge in [-0.05, 0) is 54.1 Å². The molecule has 0 aliphatic carbocycles. The van der Waals surface area contributed by atoms with Gasteiger partial charge in [-0.15, -0.1) is 0 Å². The number of nitrogens with zero attached hydrogens (tertiary/aromatic N) is 2. The van der Waals surface area contributed by atoms with Crippen LogP contribution >= 0.6 is 23.4 Å². The Morgan fingerprint density at radius 1 is 1.03 bits per heavy atom. The van der Waals surface area contributed by atoms with Crippen molar-refractivity contribution in [1.82, 2.24) is 9.55 Å². The number of thioether (sulfide) groups is 1. The van der Waals surface area contributed by atoms with Gasteiger partial charge in [-0.2, -0.15) is 0 Å². The minimum Gasteiger partial charge on any atom is -0.454 e. The smallest absolute Gasteiger partial charge is 0.262 e. The average molecular weight is 465 g/mol. The Hall–Kier alpha value is -3.29. The first kappa shape index (κ1) is 20.6. The van der Waals surface area contributed by atoms with Crippen LogP contribution in [0, 0.1) is 0 Å². The maximum Gasteiger partial charge on any atom is 0.262 e. The van der Waals surface area contributed by atoms with Crippen molar-refractivity contribution in [2.45, 2.75) is 11.7 Å². The largest absolute Gasteiger partial charge is 0.454 e. The fourth-order valence-electron chi connectivity index (χ4n) is 3.47. The zero-order valence-corrected chi connectivity index (χ0v) is 18.4. The van der Waals surface area contributed by atoms with E-state index in [1.165, 1.54) is 11.8 Å². The van der Waals surface area contributed by atoms with E-state index >= 15 is 0 Å². The predicted octanol–water partition coefficient (Wildman–Crippen LogP) is 4.80. The van der Waals surface area contributed by atoms with Crippen LogP contribution < -0.4 is 15.0 Å². The molecule has 0 unspecified atom stereocenters. The van der Waals surface area contributed by atoms with E-state index in [2.05, 4.69) is 4.98 Å². The lowest BCUT2D eigenvalue weighted by molar-refractivity contribution is 0.102. The summed E-state index contributed by atoms with van der Waals surface area (Å²) in [5, 5.41) is 1.58. The first-order valence-electron chi connectivity index (χ1n) is 9.88. The topological polar surface area (TPSA) is 70.4 Å². The monoisotopic (exact) mass is 464 g/mol. The first-order chi connectivity index (χ1) is 15.6. The SMILES string of the molecule is O=C(CSc1nc2ccccc2c(=O)n1Cc1ccc2c(c1)OCO2)c1ccc(Cl)cc1. The van der Waals surface area contributed by atoms with Crippen molar-refractivity contribution in [3.8, 4) is 11.5 Å². The van der Waals surface area contributed by atoms with E-state index in [1.54, 1.807) is 41.0 Å². The molecule has 4 aromatic rings. The first-order valence-corrected chi connectivity index (χ1v) is 11.2. The van der Waals surface area contributed by atoms with Crippen molar-refractivity contribution in [3.05, 3.63) is 93.2 Å². The molecule has 0 amide bonds. The van der Waals surface area contributed by atoms with Crippen LogP contribution in [0.5, 0.6) is 11.5 Å². The number of ether oxygens (including phenoxy) is 2. The Morgan fingerprint density at radius 2 is 1.81 bits per heavy atom. The van der Waals surface area contributed by atoms with E-state index in [-0.39, 0.29) is 23.9 Å². The summed E-state index contributed by atoms with van der Waals surface area (Å²) in [7, 11) is 0. The van der Waals surface area contributed by atoms with Gasteiger partial charge in [0.05, 0.1) is 23.2 Å². The Morgan fingerprint density at radius 3 is 2.66 bits per heavy atom. The van der Waals surface area contributed by atoms with E-state index in [4.69, 9.17) is 21.1 Å². The second-order valence-electron chi connectivity index (χ2n) is 7.21. The van der Waals surface area contributed by atoms with E-state index in [0.29, 0.717) is 44.7 Å². The molecule has 3 aromatic carbocycles. The summed E-state index contributed by atoms with van der Waals surface area (Å²) < 4.78 is 12.4. The highest BCUT2D eigenvalue weighted by molar-refractivity contribution is 7.99. The molecule has 32 heavy (non-hydrogen) atoms. The molecule has 0 atom stereocenters. The van der Waals surface area contributed by atoms with Gasteiger partial charge in [-0.25, -0.2) is 4.98 Å². The summed E-state index contributed by atoms with van der Waals surface area (Å²) in [5.41, 5.74) is 1.88. The van der Waals surface area contributed by atoms with Gasteiger partial charge in [0.15, 0.2) is 22.4 Å². The van der Waals surface area contributed by atoms with E-state index in [9.17, 15) is 9.59 Å². The minimum absolute atomic E-state index is 0.0660. The number of halogens is 1. The maximum absolute atomic E-state index is 13.3. The number of benzene rings is 3. The highest BCUT2D eigenvalue weighted by Crippen LogP contribution is 2.33. The van der Waals surface area contributed by atoms with Gasteiger partial charge in [-0.3, -0.25) is 14.2 Å². The third-order valence-electron chi connectivity index (χ3n) is 5.10. The summed E-state index contributed by atoms with van der Waals surface area (Å²) in [6.45, 7) is 0.481. The van der Waals surface area contributed by atoms with E-state index in [1.807, 2.05) is 30.3 Å². The second kappa shape index (κ2) is 8.68. The van der Waals surface area contributed by atoms with Gasteiger partial charge >= 0.3 is 0 Å². The summed E-state index contributed by atoms with van der Waals surface area (Å²) in [5.74, 6) is 1.41. The number of aromatic nitrogens is 2. The normalized spacial score (nSPS) is 12.3. The molecular formula is C24H17ClN2O4S. The molecule has 0 spiro atoms. The van der Waals surface area contributed by atoms with Crippen molar-refractivity contribution < 1.29 is 14.3 Å². The molecule has 0 radical (unpaired) electrons. The lowest BCUT2D eigenvalue weighted by Gasteiger charge is -2.13. The molecule has 1 aromatic heterocycles. The van der Waals surface area contributed by atoms with Crippen LogP contribution in [0.1, 0.15) is 15.9 Å². The Bertz CT molecular complexity index is 1390. The predicted molar refractivity (Wildman–Crippen MR) is 124 cm³/mol. The van der Waals surface area contributed by atoms with Gasteiger partial charge in [0.25, 0.3) is 5.56 Å². The van der Waals surface area contributed by atoms with Crippen molar-refractivity contribution in [3.63, 3.8) is 0 Å². The summed E-state index contributed by atoms with van der Waals surface area (Å²) in [4.78, 5) is 30.6. The number of fused-ring (bicyclic) bond motifs is 2. The Balaban J connectivity index is 1.48. The lowest BCUT2D eigenvalue weighted by atomic mass is 10.1. The zero-order valence-electron chi connectivity index (χ0n) is 16.8. The van der Waals surface area contributed by atoms with Crippen molar-refractivity contribution in [2.75, 3.05) is 12.5 Å². The number of para-hydroxylation sites is 1. The number of carbonyl (C=O) groups is 1. The van der Waals surface area contributed by atoms with Crippen LogP contribution in [0.3, 0.4) is 0 Å².